The number of benzene rings is 3. The van der Waals surface area contributed by atoms with Gasteiger partial charge in [0.25, 0.3) is 0 Å². The fourth-order valence-corrected chi connectivity index (χ4v) is 2.65. The topological polar surface area (TPSA) is 38.9 Å². The van der Waals surface area contributed by atoms with Crippen molar-refractivity contribution in [1.29, 1.82) is 0 Å². The zero-order valence-corrected chi connectivity index (χ0v) is 11.0. The Bertz CT molecular complexity index is 924. The second kappa shape index (κ2) is 4.17. The summed E-state index contributed by atoms with van der Waals surface area (Å²) in [5, 5.41) is 12.7. The van der Waals surface area contributed by atoms with Gasteiger partial charge in [0, 0.05) is 5.56 Å². The lowest BCUT2D eigenvalue weighted by Crippen LogP contribution is -1.85. The van der Waals surface area contributed by atoms with E-state index in [0.717, 1.165) is 17.0 Å². The molecule has 4 rings (SSSR count). The van der Waals surface area contributed by atoms with E-state index in [1.54, 1.807) is 0 Å². The average molecular weight is 260 g/mol. The van der Waals surface area contributed by atoms with Crippen LogP contribution in [0.5, 0.6) is 0 Å². The molecule has 0 bridgehead atoms. The fourth-order valence-electron chi connectivity index (χ4n) is 2.65. The van der Waals surface area contributed by atoms with Gasteiger partial charge in [-0.2, -0.15) is 0 Å². The van der Waals surface area contributed by atoms with Gasteiger partial charge in [0.15, 0.2) is 0 Å². The number of nitrogens with zero attached hydrogens (tertiary/aromatic N) is 2. The van der Waals surface area contributed by atoms with Crippen LogP contribution in [0.1, 0.15) is 5.69 Å². The number of aryl methyl sites for hydroxylation is 1. The Morgan fingerprint density at radius 3 is 2.30 bits per heavy atom. The standard InChI is InChI=1S/C17H12N2O/c1-11-17(19-20-18-11)15-8-4-7-14-9-12-5-2-3-6-13(12)10-16(14)15/h2-10H,1H3. The number of hydrogen-bond acceptors (Lipinski definition) is 3. The molecular weight excluding hydrogens is 248 g/mol. The summed E-state index contributed by atoms with van der Waals surface area (Å²) >= 11 is 0. The van der Waals surface area contributed by atoms with Crippen LogP contribution in [0.15, 0.2) is 59.2 Å². The van der Waals surface area contributed by atoms with Gasteiger partial charge in [0.2, 0.25) is 0 Å². The summed E-state index contributed by atoms with van der Waals surface area (Å²) < 4.78 is 4.84. The monoisotopic (exact) mass is 260 g/mol. The molecule has 0 spiro atoms. The predicted molar refractivity (Wildman–Crippen MR) is 79.5 cm³/mol. The van der Waals surface area contributed by atoms with Gasteiger partial charge < -0.3 is 0 Å². The molecular formula is C17H12N2O. The summed E-state index contributed by atoms with van der Waals surface area (Å²) in [6.45, 7) is 1.91. The quantitative estimate of drug-likeness (QED) is 0.477. The smallest absolute Gasteiger partial charge is 0.138 e. The normalized spacial score (nSPS) is 11.2. The first-order chi connectivity index (χ1) is 9.83. The molecule has 0 unspecified atom stereocenters. The van der Waals surface area contributed by atoms with Crippen molar-refractivity contribution in [1.82, 2.24) is 10.3 Å². The van der Waals surface area contributed by atoms with Crippen molar-refractivity contribution in [3.63, 3.8) is 0 Å². The van der Waals surface area contributed by atoms with Crippen LogP contribution in [-0.4, -0.2) is 10.3 Å². The molecule has 20 heavy (non-hydrogen) atoms. The Labute approximate surface area is 115 Å². The zero-order chi connectivity index (χ0) is 13.5. The highest BCUT2D eigenvalue weighted by atomic mass is 16.6. The summed E-state index contributed by atoms with van der Waals surface area (Å²) in [6, 6.07) is 19.0. The molecule has 0 saturated carbocycles. The van der Waals surface area contributed by atoms with E-state index in [1.807, 2.05) is 13.0 Å². The molecule has 0 radical (unpaired) electrons. The van der Waals surface area contributed by atoms with Crippen molar-refractivity contribution in [3.8, 4) is 11.3 Å². The van der Waals surface area contributed by atoms with Crippen LogP contribution in [0.25, 0.3) is 32.8 Å². The molecule has 0 amide bonds. The van der Waals surface area contributed by atoms with Gasteiger partial charge in [0.1, 0.15) is 11.4 Å². The Morgan fingerprint density at radius 1 is 0.800 bits per heavy atom. The van der Waals surface area contributed by atoms with E-state index in [9.17, 15) is 0 Å². The van der Waals surface area contributed by atoms with Crippen molar-refractivity contribution in [2.45, 2.75) is 6.92 Å². The van der Waals surface area contributed by atoms with Crippen molar-refractivity contribution >= 4 is 21.5 Å². The summed E-state index contributed by atoms with van der Waals surface area (Å²) in [5.74, 6) is 0. The van der Waals surface area contributed by atoms with Gasteiger partial charge in [-0.1, -0.05) is 47.6 Å². The molecule has 0 aliphatic rings. The lowest BCUT2D eigenvalue weighted by molar-refractivity contribution is 0.306. The second-order valence-electron chi connectivity index (χ2n) is 4.92. The van der Waals surface area contributed by atoms with Gasteiger partial charge >= 0.3 is 0 Å². The maximum absolute atomic E-state index is 4.84. The molecule has 3 nitrogen and oxygen atoms in total. The molecule has 0 aliphatic carbocycles. The maximum atomic E-state index is 4.84. The SMILES string of the molecule is Cc1nonc1-c1cccc2cc3ccccc3cc12. The predicted octanol–water partition coefficient (Wildman–Crippen LogP) is 4.35. The van der Waals surface area contributed by atoms with E-state index >= 15 is 0 Å². The molecule has 4 aromatic rings. The molecule has 0 fully saturated rings. The molecule has 1 aromatic heterocycles. The summed E-state index contributed by atoms with van der Waals surface area (Å²) in [7, 11) is 0. The summed E-state index contributed by atoms with van der Waals surface area (Å²) in [6.07, 6.45) is 0. The minimum Gasteiger partial charge on any atom is -0.244 e. The fraction of sp³-hybridized carbons (Fsp3) is 0.0588. The van der Waals surface area contributed by atoms with Crippen LogP contribution in [0.4, 0.5) is 0 Å². The number of fused-ring (bicyclic) bond motifs is 2. The lowest BCUT2D eigenvalue weighted by atomic mass is 9.98. The Kier molecular flexibility index (Phi) is 2.33. The average Bonchev–Trinajstić information content (AvgIpc) is 2.90. The van der Waals surface area contributed by atoms with Crippen molar-refractivity contribution in [2.75, 3.05) is 0 Å². The van der Waals surface area contributed by atoms with E-state index in [2.05, 4.69) is 58.8 Å². The second-order valence-corrected chi connectivity index (χ2v) is 4.92. The molecule has 3 heteroatoms. The Hall–Kier alpha value is -2.68. The van der Waals surface area contributed by atoms with Gasteiger partial charge in [-0.3, -0.25) is 0 Å². The molecule has 0 atom stereocenters. The maximum Gasteiger partial charge on any atom is 0.138 e. The third-order valence-corrected chi connectivity index (χ3v) is 3.65. The van der Waals surface area contributed by atoms with Gasteiger partial charge in [0.05, 0.1) is 0 Å². The highest BCUT2D eigenvalue weighted by Gasteiger charge is 2.11. The lowest BCUT2D eigenvalue weighted by Gasteiger charge is -2.06. The van der Waals surface area contributed by atoms with Crippen LogP contribution >= 0.6 is 0 Å². The number of rotatable bonds is 1. The Morgan fingerprint density at radius 2 is 1.55 bits per heavy atom. The molecule has 0 N–H and O–H groups in total. The number of hydrogen-bond donors (Lipinski definition) is 0. The van der Waals surface area contributed by atoms with Gasteiger partial charge in [-0.25, -0.2) is 4.63 Å². The largest absolute Gasteiger partial charge is 0.244 e. The zero-order valence-electron chi connectivity index (χ0n) is 11.0. The molecule has 3 aromatic carbocycles. The molecule has 1 heterocycles. The molecule has 0 saturated heterocycles. The molecule has 0 aliphatic heterocycles. The summed E-state index contributed by atoms with van der Waals surface area (Å²) in [5.41, 5.74) is 2.68. The van der Waals surface area contributed by atoms with Crippen LogP contribution in [0.2, 0.25) is 0 Å². The van der Waals surface area contributed by atoms with E-state index < -0.39 is 0 Å². The first kappa shape index (κ1) is 11.2. The third-order valence-electron chi connectivity index (χ3n) is 3.65. The van der Waals surface area contributed by atoms with E-state index in [0.29, 0.717) is 0 Å². The van der Waals surface area contributed by atoms with Crippen LogP contribution < -0.4 is 0 Å². The highest BCUT2D eigenvalue weighted by molar-refractivity contribution is 6.04. The van der Waals surface area contributed by atoms with Gasteiger partial charge in [-0.15, -0.1) is 0 Å². The third kappa shape index (κ3) is 1.60. The van der Waals surface area contributed by atoms with Crippen molar-refractivity contribution in [2.24, 2.45) is 0 Å². The van der Waals surface area contributed by atoms with E-state index in [-0.39, 0.29) is 0 Å². The van der Waals surface area contributed by atoms with Gasteiger partial charge in [-0.05, 0) is 45.8 Å². The van der Waals surface area contributed by atoms with Crippen molar-refractivity contribution in [3.05, 3.63) is 60.3 Å². The Balaban J connectivity index is 2.12. The highest BCUT2D eigenvalue weighted by Crippen LogP contribution is 2.31. The van der Waals surface area contributed by atoms with E-state index in [4.69, 9.17) is 4.63 Å². The first-order valence-electron chi connectivity index (χ1n) is 6.54. The van der Waals surface area contributed by atoms with Crippen LogP contribution in [0, 0.1) is 6.92 Å². The minimum atomic E-state index is 0.811. The van der Waals surface area contributed by atoms with Crippen LogP contribution in [-0.2, 0) is 0 Å². The summed E-state index contributed by atoms with van der Waals surface area (Å²) in [4.78, 5) is 0. The van der Waals surface area contributed by atoms with Crippen LogP contribution in [0.3, 0.4) is 0 Å². The first-order valence-corrected chi connectivity index (χ1v) is 6.54. The minimum absolute atomic E-state index is 0.811. The van der Waals surface area contributed by atoms with E-state index in [1.165, 1.54) is 21.5 Å². The molecule has 96 valence electrons. The number of aromatic nitrogens is 2. The van der Waals surface area contributed by atoms with Crippen molar-refractivity contribution < 1.29 is 4.63 Å².